The third kappa shape index (κ3) is 4.28. The van der Waals surface area contributed by atoms with Crippen LogP contribution in [0.4, 0.5) is 0 Å². The van der Waals surface area contributed by atoms with Crippen molar-refractivity contribution in [1.82, 2.24) is 5.32 Å². The third-order valence-electron chi connectivity index (χ3n) is 4.27. The first-order chi connectivity index (χ1) is 13.1. The third-order valence-corrected chi connectivity index (χ3v) is 4.27. The Morgan fingerprint density at radius 1 is 1.07 bits per heavy atom. The monoisotopic (exact) mass is 367 g/mol. The molecule has 27 heavy (non-hydrogen) atoms. The molecule has 3 aromatic rings. The summed E-state index contributed by atoms with van der Waals surface area (Å²) in [7, 11) is 1.61. The van der Waals surface area contributed by atoms with Gasteiger partial charge in [0.1, 0.15) is 11.3 Å². The van der Waals surface area contributed by atoms with Crippen LogP contribution in [-0.2, 0) is 16.0 Å². The number of ether oxygens (including phenoxy) is 2. The summed E-state index contributed by atoms with van der Waals surface area (Å²) < 4.78 is 15.9. The lowest BCUT2D eigenvalue weighted by molar-refractivity contribution is -0.124. The van der Waals surface area contributed by atoms with Crippen molar-refractivity contribution in [2.45, 2.75) is 13.3 Å². The highest BCUT2D eigenvalue weighted by Crippen LogP contribution is 2.25. The van der Waals surface area contributed by atoms with E-state index >= 15 is 0 Å². The zero-order valence-electron chi connectivity index (χ0n) is 15.3. The number of aryl methyl sites for hydroxylation is 1. The van der Waals surface area contributed by atoms with Crippen molar-refractivity contribution in [2.75, 3.05) is 20.3 Å². The smallest absolute Gasteiger partial charge is 0.375 e. The van der Waals surface area contributed by atoms with Crippen molar-refractivity contribution in [2.24, 2.45) is 0 Å². The van der Waals surface area contributed by atoms with Gasteiger partial charge < -0.3 is 19.2 Å². The highest BCUT2D eigenvalue weighted by molar-refractivity contribution is 5.96. The lowest BCUT2D eigenvalue weighted by Crippen LogP contribution is -2.30. The van der Waals surface area contributed by atoms with E-state index < -0.39 is 5.97 Å². The van der Waals surface area contributed by atoms with Gasteiger partial charge in [-0.3, -0.25) is 4.79 Å². The Kier molecular flexibility index (Phi) is 5.76. The van der Waals surface area contributed by atoms with Gasteiger partial charge in [-0.15, -0.1) is 0 Å². The highest BCUT2D eigenvalue weighted by atomic mass is 16.5. The maximum atomic E-state index is 12.2. The number of amides is 1. The molecule has 0 spiro atoms. The molecular formula is C21H21NO5. The Bertz CT molecular complexity index is 960. The van der Waals surface area contributed by atoms with Crippen molar-refractivity contribution < 1.29 is 23.5 Å². The van der Waals surface area contributed by atoms with E-state index in [1.165, 1.54) is 0 Å². The maximum Gasteiger partial charge on any atom is 0.375 e. The van der Waals surface area contributed by atoms with Crippen molar-refractivity contribution >= 4 is 22.8 Å². The number of methoxy groups -OCH3 is 1. The zero-order chi connectivity index (χ0) is 19.2. The first-order valence-corrected chi connectivity index (χ1v) is 8.64. The van der Waals surface area contributed by atoms with Crippen LogP contribution in [0.5, 0.6) is 5.75 Å². The van der Waals surface area contributed by atoms with Crippen LogP contribution < -0.4 is 10.1 Å². The molecule has 3 rings (SSSR count). The number of carbonyl (C=O) groups is 2. The fraction of sp³-hybridized carbons (Fsp3) is 0.238. The predicted molar refractivity (Wildman–Crippen MR) is 101 cm³/mol. The molecule has 2 aromatic carbocycles. The molecule has 0 fully saturated rings. The van der Waals surface area contributed by atoms with Crippen LogP contribution in [0.25, 0.3) is 11.0 Å². The minimum atomic E-state index is -0.649. The van der Waals surface area contributed by atoms with E-state index in [4.69, 9.17) is 13.9 Å². The van der Waals surface area contributed by atoms with Crippen molar-refractivity contribution in [1.29, 1.82) is 0 Å². The molecule has 1 N–H and O–H groups in total. The molecule has 6 nitrogen and oxygen atoms in total. The molecule has 0 saturated carbocycles. The summed E-state index contributed by atoms with van der Waals surface area (Å²) in [5, 5.41) is 3.58. The Balaban J connectivity index is 1.50. The van der Waals surface area contributed by atoms with E-state index in [0.29, 0.717) is 24.1 Å². The largest absolute Gasteiger partial charge is 0.496 e. The Morgan fingerprint density at radius 2 is 1.81 bits per heavy atom. The first-order valence-electron chi connectivity index (χ1n) is 8.64. The van der Waals surface area contributed by atoms with E-state index in [0.717, 1.165) is 16.7 Å². The number of nitrogens with one attached hydrogen (secondary N) is 1. The number of furan rings is 1. The van der Waals surface area contributed by atoms with E-state index in [1.807, 2.05) is 42.5 Å². The summed E-state index contributed by atoms with van der Waals surface area (Å²) in [6.07, 6.45) is 0.617. The molecule has 0 aliphatic carbocycles. The quantitative estimate of drug-likeness (QED) is 0.649. The van der Waals surface area contributed by atoms with Gasteiger partial charge in [-0.25, -0.2) is 4.79 Å². The number of carbonyl (C=O) groups excluding carboxylic acids is 2. The standard InChI is InChI=1S/C21H21NO5/c1-14-16-8-4-6-10-18(16)27-20(14)21(24)26-13-19(23)22-12-11-15-7-3-5-9-17(15)25-2/h3-10H,11-13H2,1-2H3,(H,22,23). The van der Waals surface area contributed by atoms with Crippen LogP contribution in [-0.4, -0.2) is 32.1 Å². The molecule has 1 amide bonds. The molecular weight excluding hydrogens is 346 g/mol. The summed E-state index contributed by atoms with van der Waals surface area (Å²) >= 11 is 0. The van der Waals surface area contributed by atoms with Crippen LogP contribution in [0.2, 0.25) is 0 Å². The molecule has 0 aliphatic rings. The van der Waals surface area contributed by atoms with E-state index in [2.05, 4.69) is 5.32 Å². The van der Waals surface area contributed by atoms with Crippen LogP contribution in [0, 0.1) is 6.92 Å². The average molecular weight is 367 g/mol. The summed E-state index contributed by atoms with van der Waals surface area (Å²) in [4.78, 5) is 24.1. The van der Waals surface area contributed by atoms with Gasteiger partial charge in [-0.05, 0) is 31.0 Å². The van der Waals surface area contributed by atoms with Crippen LogP contribution >= 0.6 is 0 Å². The number of benzene rings is 2. The molecule has 0 atom stereocenters. The number of hydrogen-bond acceptors (Lipinski definition) is 5. The molecule has 1 heterocycles. The second-order valence-corrected chi connectivity index (χ2v) is 6.04. The van der Waals surface area contributed by atoms with Gasteiger partial charge in [0.2, 0.25) is 5.76 Å². The van der Waals surface area contributed by atoms with E-state index in [9.17, 15) is 9.59 Å². The van der Waals surface area contributed by atoms with Gasteiger partial charge in [-0.1, -0.05) is 36.4 Å². The average Bonchev–Trinajstić information content (AvgIpc) is 3.03. The predicted octanol–water partition coefficient (Wildman–Crippen LogP) is 3.27. The van der Waals surface area contributed by atoms with Gasteiger partial charge >= 0.3 is 5.97 Å². The second kappa shape index (κ2) is 8.40. The maximum absolute atomic E-state index is 12.2. The fourth-order valence-electron chi connectivity index (χ4n) is 2.86. The molecule has 0 aliphatic heterocycles. The van der Waals surface area contributed by atoms with E-state index in [-0.39, 0.29) is 18.3 Å². The lowest BCUT2D eigenvalue weighted by atomic mass is 10.1. The number of rotatable bonds is 7. The molecule has 0 radical (unpaired) electrons. The summed E-state index contributed by atoms with van der Waals surface area (Å²) in [5.74, 6) is -0.118. The van der Waals surface area contributed by atoms with Crippen molar-refractivity contribution in [3.05, 3.63) is 65.4 Å². The van der Waals surface area contributed by atoms with Crippen molar-refractivity contribution in [3.8, 4) is 5.75 Å². The summed E-state index contributed by atoms with van der Waals surface area (Å²) in [6.45, 7) is 1.84. The van der Waals surface area contributed by atoms with Gasteiger partial charge in [0.25, 0.3) is 5.91 Å². The normalized spacial score (nSPS) is 10.6. The van der Waals surface area contributed by atoms with Crippen molar-refractivity contribution in [3.63, 3.8) is 0 Å². The van der Waals surface area contributed by atoms with Gasteiger partial charge in [0.15, 0.2) is 6.61 Å². The van der Waals surface area contributed by atoms with Crippen LogP contribution in [0.1, 0.15) is 21.7 Å². The topological polar surface area (TPSA) is 77.8 Å². The number of fused-ring (bicyclic) bond motifs is 1. The lowest BCUT2D eigenvalue weighted by Gasteiger charge is -2.09. The molecule has 0 unspecified atom stereocenters. The van der Waals surface area contributed by atoms with Gasteiger partial charge in [0, 0.05) is 17.5 Å². The molecule has 0 bridgehead atoms. The molecule has 0 saturated heterocycles. The Labute approximate surface area is 157 Å². The number of hydrogen-bond donors (Lipinski definition) is 1. The van der Waals surface area contributed by atoms with Crippen LogP contribution in [0.3, 0.4) is 0 Å². The molecule has 140 valence electrons. The van der Waals surface area contributed by atoms with Gasteiger partial charge in [-0.2, -0.15) is 0 Å². The van der Waals surface area contributed by atoms with Gasteiger partial charge in [0.05, 0.1) is 7.11 Å². The minimum Gasteiger partial charge on any atom is -0.496 e. The first kappa shape index (κ1) is 18.5. The Hall–Kier alpha value is -3.28. The molecule has 1 aromatic heterocycles. The highest BCUT2D eigenvalue weighted by Gasteiger charge is 2.19. The fourth-order valence-corrected chi connectivity index (χ4v) is 2.86. The zero-order valence-corrected chi connectivity index (χ0v) is 15.3. The van der Waals surface area contributed by atoms with E-state index in [1.54, 1.807) is 20.1 Å². The summed E-state index contributed by atoms with van der Waals surface area (Å²) in [5.41, 5.74) is 2.31. The SMILES string of the molecule is COc1ccccc1CCNC(=O)COC(=O)c1oc2ccccc2c1C. The summed E-state index contributed by atoms with van der Waals surface area (Å²) in [6, 6.07) is 15.0. The minimum absolute atomic E-state index is 0.123. The number of esters is 1. The molecule has 6 heteroatoms. The van der Waals surface area contributed by atoms with Crippen LogP contribution in [0.15, 0.2) is 52.9 Å². The second-order valence-electron chi connectivity index (χ2n) is 6.04. The number of para-hydroxylation sites is 2. The Morgan fingerprint density at radius 3 is 2.59 bits per heavy atom.